The van der Waals surface area contributed by atoms with Crippen LogP contribution in [0.1, 0.15) is 83.5 Å². The van der Waals surface area contributed by atoms with Crippen LogP contribution in [0, 0.1) is 0 Å². The Labute approximate surface area is 118 Å². The van der Waals surface area contributed by atoms with Gasteiger partial charge in [0.25, 0.3) is 0 Å². The monoisotopic (exact) mass is 269 g/mol. The van der Waals surface area contributed by atoms with Crippen molar-refractivity contribution in [3.63, 3.8) is 0 Å². The minimum Gasteiger partial charge on any atom is -0.480 e. The van der Waals surface area contributed by atoms with E-state index in [0.29, 0.717) is 0 Å². The van der Waals surface area contributed by atoms with Crippen LogP contribution in [0.3, 0.4) is 0 Å². The Balaban J connectivity index is 2.25. The Morgan fingerprint density at radius 3 is 1.63 bits per heavy atom. The maximum Gasteiger partial charge on any atom is 0.320 e. The van der Waals surface area contributed by atoms with Gasteiger partial charge in [-0.25, -0.2) is 0 Å². The number of nitrogens with one attached hydrogen (secondary N) is 1. The molecule has 0 aromatic rings. The molecule has 1 aliphatic rings. The van der Waals surface area contributed by atoms with Crippen molar-refractivity contribution in [3.8, 4) is 0 Å². The summed E-state index contributed by atoms with van der Waals surface area (Å²) in [5.41, 5.74) is 0. The first kappa shape index (κ1) is 16.5. The lowest BCUT2D eigenvalue weighted by Gasteiger charge is -2.14. The summed E-state index contributed by atoms with van der Waals surface area (Å²) in [6.07, 6.45) is 16.2. The lowest BCUT2D eigenvalue weighted by molar-refractivity contribution is -0.139. The summed E-state index contributed by atoms with van der Waals surface area (Å²) >= 11 is 0. The molecule has 1 rings (SSSR count). The van der Waals surface area contributed by atoms with Crippen molar-refractivity contribution < 1.29 is 9.90 Å². The normalized spacial score (nSPS) is 25.8. The first-order valence-corrected chi connectivity index (χ1v) is 8.27. The molecular formula is C16H31NO2. The van der Waals surface area contributed by atoms with Gasteiger partial charge in [0, 0.05) is 0 Å². The number of carbonyl (C=O) groups is 1. The average molecular weight is 269 g/mol. The molecule has 0 aromatic heterocycles. The van der Waals surface area contributed by atoms with Gasteiger partial charge in [-0.1, -0.05) is 70.6 Å². The summed E-state index contributed by atoms with van der Waals surface area (Å²) in [5.74, 6) is -0.680. The van der Waals surface area contributed by atoms with Gasteiger partial charge in [-0.2, -0.15) is 0 Å². The van der Waals surface area contributed by atoms with Crippen molar-refractivity contribution in [2.45, 2.75) is 89.5 Å². The average Bonchev–Trinajstić information content (AvgIpc) is 2.38. The van der Waals surface area contributed by atoms with Crippen LogP contribution in [0.4, 0.5) is 0 Å². The molecule has 1 atom stereocenters. The fraction of sp³-hybridized carbons (Fsp3) is 0.938. The molecule has 1 saturated heterocycles. The SMILES string of the molecule is O=C(O)C1CCCCCCCCCCCCCCN1. The number of rotatable bonds is 1. The number of carboxylic acid groups (broad SMARTS) is 1. The Kier molecular flexibility index (Phi) is 9.78. The summed E-state index contributed by atoms with van der Waals surface area (Å²) in [6, 6.07) is -0.326. The van der Waals surface area contributed by atoms with Crippen LogP contribution in [-0.2, 0) is 4.79 Å². The van der Waals surface area contributed by atoms with Gasteiger partial charge < -0.3 is 10.4 Å². The molecule has 0 aliphatic carbocycles. The van der Waals surface area contributed by atoms with Crippen LogP contribution in [0.2, 0.25) is 0 Å². The van der Waals surface area contributed by atoms with Gasteiger partial charge in [0.15, 0.2) is 0 Å². The molecule has 3 nitrogen and oxygen atoms in total. The first-order valence-electron chi connectivity index (χ1n) is 8.27. The van der Waals surface area contributed by atoms with Gasteiger partial charge >= 0.3 is 5.97 Å². The molecule has 3 heteroatoms. The van der Waals surface area contributed by atoms with Crippen LogP contribution >= 0.6 is 0 Å². The number of carboxylic acids is 1. The second kappa shape index (κ2) is 11.3. The van der Waals surface area contributed by atoms with Crippen molar-refractivity contribution in [2.24, 2.45) is 0 Å². The summed E-state index contributed by atoms with van der Waals surface area (Å²) < 4.78 is 0. The lowest BCUT2D eigenvalue weighted by Crippen LogP contribution is -2.37. The summed E-state index contributed by atoms with van der Waals surface area (Å²) in [6.45, 7) is 0.858. The lowest BCUT2D eigenvalue weighted by atomic mass is 10.0. The highest BCUT2D eigenvalue weighted by Gasteiger charge is 2.15. The second-order valence-corrected chi connectivity index (χ2v) is 5.88. The van der Waals surface area contributed by atoms with Gasteiger partial charge in [0.1, 0.15) is 6.04 Å². The predicted molar refractivity (Wildman–Crippen MR) is 79.4 cm³/mol. The molecule has 0 spiro atoms. The van der Waals surface area contributed by atoms with Crippen molar-refractivity contribution in [1.29, 1.82) is 0 Å². The maximum atomic E-state index is 11.1. The van der Waals surface area contributed by atoms with Crippen molar-refractivity contribution in [3.05, 3.63) is 0 Å². The molecule has 0 bridgehead atoms. The molecule has 112 valence electrons. The smallest absolute Gasteiger partial charge is 0.320 e. The van der Waals surface area contributed by atoms with E-state index in [1.165, 1.54) is 64.2 Å². The predicted octanol–water partition coefficient (Wildman–Crippen LogP) is 4.11. The van der Waals surface area contributed by atoms with E-state index in [-0.39, 0.29) is 6.04 Å². The molecule has 1 heterocycles. The third-order valence-corrected chi connectivity index (χ3v) is 4.11. The van der Waals surface area contributed by atoms with Crippen LogP contribution in [-0.4, -0.2) is 23.7 Å². The molecule has 0 amide bonds. The van der Waals surface area contributed by atoms with Crippen LogP contribution in [0.15, 0.2) is 0 Å². The van der Waals surface area contributed by atoms with E-state index in [2.05, 4.69) is 5.32 Å². The Bertz CT molecular complexity index is 215. The molecule has 1 unspecified atom stereocenters. The zero-order chi connectivity index (χ0) is 13.8. The van der Waals surface area contributed by atoms with E-state index in [9.17, 15) is 4.79 Å². The van der Waals surface area contributed by atoms with E-state index in [1.807, 2.05) is 0 Å². The van der Waals surface area contributed by atoms with Crippen LogP contribution in [0.25, 0.3) is 0 Å². The molecule has 2 N–H and O–H groups in total. The van der Waals surface area contributed by atoms with Gasteiger partial charge in [0.05, 0.1) is 0 Å². The third kappa shape index (κ3) is 9.04. The Morgan fingerprint density at radius 1 is 0.737 bits per heavy atom. The van der Waals surface area contributed by atoms with Crippen molar-refractivity contribution >= 4 is 5.97 Å². The summed E-state index contributed by atoms with van der Waals surface area (Å²) in [7, 11) is 0. The molecule has 1 fully saturated rings. The second-order valence-electron chi connectivity index (χ2n) is 5.88. The fourth-order valence-corrected chi connectivity index (χ4v) is 2.83. The molecule has 0 saturated carbocycles. The van der Waals surface area contributed by atoms with E-state index in [0.717, 1.165) is 25.8 Å². The zero-order valence-electron chi connectivity index (χ0n) is 12.3. The van der Waals surface area contributed by atoms with E-state index < -0.39 is 5.97 Å². The Morgan fingerprint density at radius 2 is 1.16 bits per heavy atom. The number of hydrogen-bond acceptors (Lipinski definition) is 2. The summed E-state index contributed by atoms with van der Waals surface area (Å²) in [5, 5.41) is 12.4. The highest BCUT2D eigenvalue weighted by atomic mass is 16.4. The molecular weight excluding hydrogens is 238 g/mol. The van der Waals surface area contributed by atoms with E-state index in [1.54, 1.807) is 0 Å². The van der Waals surface area contributed by atoms with Crippen LogP contribution in [0.5, 0.6) is 0 Å². The molecule has 0 radical (unpaired) electrons. The zero-order valence-corrected chi connectivity index (χ0v) is 12.3. The van der Waals surface area contributed by atoms with Crippen molar-refractivity contribution in [1.82, 2.24) is 5.32 Å². The quantitative estimate of drug-likeness (QED) is 0.753. The van der Waals surface area contributed by atoms with Crippen LogP contribution < -0.4 is 5.32 Å². The largest absolute Gasteiger partial charge is 0.480 e. The first-order chi connectivity index (χ1) is 9.30. The third-order valence-electron chi connectivity index (χ3n) is 4.11. The number of aliphatic carboxylic acids is 1. The Hall–Kier alpha value is -0.570. The molecule has 0 aromatic carbocycles. The van der Waals surface area contributed by atoms with Crippen molar-refractivity contribution in [2.75, 3.05) is 6.54 Å². The van der Waals surface area contributed by atoms with Gasteiger partial charge in [-0.05, 0) is 19.4 Å². The highest BCUT2D eigenvalue weighted by molar-refractivity contribution is 5.73. The summed E-state index contributed by atoms with van der Waals surface area (Å²) in [4.78, 5) is 11.1. The fourth-order valence-electron chi connectivity index (χ4n) is 2.83. The standard InChI is InChI=1S/C16H31NO2/c18-16(19)15-13-11-9-7-5-3-1-2-4-6-8-10-12-14-17-15/h15,17H,1-14H2,(H,18,19). The molecule has 19 heavy (non-hydrogen) atoms. The molecule has 1 aliphatic heterocycles. The van der Waals surface area contributed by atoms with Gasteiger partial charge in [-0.15, -0.1) is 0 Å². The van der Waals surface area contributed by atoms with E-state index in [4.69, 9.17) is 5.11 Å². The minimum absolute atomic E-state index is 0.326. The highest BCUT2D eigenvalue weighted by Crippen LogP contribution is 2.13. The topological polar surface area (TPSA) is 49.3 Å². The van der Waals surface area contributed by atoms with Gasteiger partial charge in [0.2, 0.25) is 0 Å². The number of hydrogen-bond donors (Lipinski definition) is 2. The maximum absolute atomic E-state index is 11.1. The minimum atomic E-state index is -0.680. The van der Waals surface area contributed by atoms with Gasteiger partial charge in [-0.3, -0.25) is 4.79 Å². The van der Waals surface area contributed by atoms with E-state index >= 15 is 0 Å².